The van der Waals surface area contributed by atoms with E-state index in [-0.39, 0.29) is 17.0 Å². The van der Waals surface area contributed by atoms with E-state index < -0.39 is 0 Å². The molecule has 0 spiro atoms. The number of likely N-dealkylation sites (tertiary alicyclic amines) is 1. The van der Waals surface area contributed by atoms with Gasteiger partial charge in [-0.05, 0) is 12.3 Å². The zero-order chi connectivity index (χ0) is 13.0. The summed E-state index contributed by atoms with van der Waals surface area (Å²) < 4.78 is 1.70. The van der Waals surface area contributed by atoms with Gasteiger partial charge in [-0.2, -0.15) is 0 Å². The average molecular weight is 331 g/mol. The van der Waals surface area contributed by atoms with Gasteiger partial charge in [-0.15, -0.1) is 22.1 Å². The Bertz CT molecular complexity index is 416. The molecule has 1 unspecified atom stereocenters. The lowest BCUT2D eigenvalue weighted by Gasteiger charge is -2.16. The van der Waals surface area contributed by atoms with Crippen LogP contribution in [0.15, 0.2) is 11.2 Å². The number of nitrogens with zero attached hydrogens (tertiary/aromatic N) is 5. The molecule has 1 aliphatic heterocycles. The molecule has 2 rings (SSSR count). The van der Waals surface area contributed by atoms with Crippen LogP contribution in [0, 0.1) is 5.92 Å². The fourth-order valence-corrected chi connectivity index (χ4v) is 2.27. The van der Waals surface area contributed by atoms with Gasteiger partial charge in [0.05, 0.1) is 5.69 Å². The molecule has 6 nitrogen and oxygen atoms in total. The van der Waals surface area contributed by atoms with Crippen LogP contribution in [0.5, 0.6) is 0 Å². The third-order valence-corrected chi connectivity index (χ3v) is 3.48. The molecule has 1 saturated heterocycles. The highest BCUT2D eigenvalue weighted by Crippen LogP contribution is 2.18. The van der Waals surface area contributed by atoms with Crippen LogP contribution in [0.3, 0.4) is 0 Å². The lowest BCUT2D eigenvalue weighted by Crippen LogP contribution is -2.35. The number of hydrogen-bond donors (Lipinski definition) is 1. The molecular formula is C12H23BrN6. The summed E-state index contributed by atoms with van der Waals surface area (Å²) in [6.45, 7) is 5.00. The molecule has 0 aromatic carbocycles. The van der Waals surface area contributed by atoms with E-state index in [1.165, 1.54) is 12.8 Å². The minimum atomic E-state index is 0. The van der Waals surface area contributed by atoms with Crippen LogP contribution in [-0.2, 0) is 13.5 Å². The van der Waals surface area contributed by atoms with Crippen LogP contribution < -0.4 is 5.73 Å². The van der Waals surface area contributed by atoms with Crippen LogP contribution >= 0.6 is 17.0 Å². The lowest BCUT2D eigenvalue weighted by atomic mass is 10.1. The van der Waals surface area contributed by atoms with Gasteiger partial charge >= 0.3 is 0 Å². The highest BCUT2D eigenvalue weighted by molar-refractivity contribution is 8.93. The van der Waals surface area contributed by atoms with Crippen LogP contribution in [0.2, 0.25) is 0 Å². The third-order valence-electron chi connectivity index (χ3n) is 3.48. The van der Waals surface area contributed by atoms with Gasteiger partial charge in [0.25, 0.3) is 0 Å². The zero-order valence-corrected chi connectivity index (χ0v) is 13.3. The number of hydrogen-bond acceptors (Lipinski definition) is 3. The van der Waals surface area contributed by atoms with Crippen molar-refractivity contribution < 1.29 is 0 Å². The van der Waals surface area contributed by atoms with E-state index in [0.29, 0.717) is 12.5 Å². The first kappa shape index (κ1) is 15.9. The Morgan fingerprint density at radius 1 is 1.58 bits per heavy atom. The Morgan fingerprint density at radius 2 is 2.37 bits per heavy atom. The minimum absolute atomic E-state index is 0. The SMILES string of the molecule is Br.CCC1CCN(C(N)=NCCc2cn(C)nn2)C1. The highest BCUT2D eigenvalue weighted by Gasteiger charge is 2.21. The van der Waals surface area contributed by atoms with E-state index in [1.54, 1.807) is 4.68 Å². The molecule has 0 saturated carbocycles. The monoisotopic (exact) mass is 330 g/mol. The van der Waals surface area contributed by atoms with Crippen molar-refractivity contribution in [2.75, 3.05) is 19.6 Å². The summed E-state index contributed by atoms with van der Waals surface area (Å²) in [5.74, 6) is 1.45. The van der Waals surface area contributed by atoms with Gasteiger partial charge in [0, 0.05) is 39.3 Å². The lowest BCUT2D eigenvalue weighted by molar-refractivity contribution is 0.466. The maximum absolute atomic E-state index is 6.00. The Hall–Kier alpha value is -1.11. The summed E-state index contributed by atoms with van der Waals surface area (Å²) in [6.07, 6.45) is 5.16. The van der Waals surface area contributed by atoms with Gasteiger partial charge in [0.15, 0.2) is 5.96 Å². The molecule has 19 heavy (non-hydrogen) atoms. The molecule has 0 bridgehead atoms. The van der Waals surface area contributed by atoms with E-state index >= 15 is 0 Å². The average Bonchev–Trinajstić information content (AvgIpc) is 2.98. The second kappa shape index (κ2) is 7.47. The molecule has 0 aliphatic carbocycles. The quantitative estimate of drug-likeness (QED) is 0.659. The largest absolute Gasteiger partial charge is 0.370 e. The molecule has 7 heteroatoms. The van der Waals surface area contributed by atoms with Crippen molar-refractivity contribution in [1.82, 2.24) is 19.9 Å². The maximum atomic E-state index is 6.00. The van der Waals surface area contributed by atoms with Gasteiger partial charge in [0.1, 0.15) is 0 Å². The molecule has 1 aromatic heterocycles. The van der Waals surface area contributed by atoms with E-state index in [2.05, 4.69) is 27.1 Å². The highest BCUT2D eigenvalue weighted by atomic mass is 79.9. The van der Waals surface area contributed by atoms with E-state index in [9.17, 15) is 0 Å². The summed E-state index contributed by atoms with van der Waals surface area (Å²) in [7, 11) is 1.86. The molecule has 0 amide bonds. The standard InChI is InChI=1S/C12H22N6.BrH/c1-3-10-5-7-18(8-10)12(13)14-6-4-11-9-17(2)16-15-11;/h9-10H,3-8H2,1-2H3,(H2,13,14);1H. The number of halogens is 1. The van der Waals surface area contributed by atoms with Crippen LogP contribution in [0.4, 0.5) is 0 Å². The van der Waals surface area contributed by atoms with Gasteiger partial charge in [-0.25, -0.2) is 0 Å². The van der Waals surface area contributed by atoms with Crippen molar-refractivity contribution in [3.63, 3.8) is 0 Å². The van der Waals surface area contributed by atoms with Crippen LogP contribution in [0.1, 0.15) is 25.5 Å². The van der Waals surface area contributed by atoms with Gasteiger partial charge in [-0.1, -0.05) is 18.6 Å². The molecule has 1 fully saturated rings. The first-order valence-electron chi connectivity index (χ1n) is 6.59. The number of aromatic nitrogens is 3. The number of aliphatic imine (C=N–C) groups is 1. The molecule has 2 heterocycles. The predicted molar refractivity (Wildman–Crippen MR) is 81.5 cm³/mol. The third kappa shape index (κ3) is 4.49. The van der Waals surface area contributed by atoms with Crippen molar-refractivity contribution in [2.24, 2.45) is 23.7 Å². The first-order chi connectivity index (χ1) is 8.69. The molecule has 1 aromatic rings. The molecule has 2 N–H and O–H groups in total. The minimum Gasteiger partial charge on any atom is -0.370 e. The van der Waals surface area contributed by atoms with Crippen LogP contribution in [-0.4, -0.2) is 45.5 Å². The van der Waals surface area contributed by atoms with Gasteiger partial charge in [-0.3, -0.25) is 9.67 Å². The molecular weight excluding hydrogens is 308 g/mol. The van der Waals surface area contributed by atoms with Gasteiger partial charge in [0.2, 0.25) is 0 Å². The summed E-state index contributed by atoms with van der Waals surface area (Å²) in [4.78, 5) is 6.61. The maximum Gasteiger partial charge on any atom is 0.191 e. The van der Waals surface area contributed by atoms with Crippen molar-refractivity contribution in [3.8, 4) is 0 Å². The molecule has 0 radical (unpaired) electrons. The number of guanidine groups is 1. The Labute approximate surface area is 124 Å². The number of aryl methyl sites for hydroxylation is 1. The first-order valence-corrected chi connectivity index (χ1v) is 6.59. The Morgan fingerprint density at radius 3 is 2.95 bits per heavy atom. The van der Waals surface area contributed by atoms with Crippen molar-refractivity contribution >= 4 is 22.9 Å². The number of rotatable bonds is 4. The topological polar surface area (TPSA) is 72.3 Å². The van der Waals surface area contributed by atoms with Crippen LogP contribution in [0.25, 0.3) is 0 Å². The van der Waals surface area contributed by atoms with Crippen molar-refractivity contribution in [1.29, 1.82) is 0 Å². The Balaban J connectivity index is 0.00000180. The molecule has 1 aliphatic rings. The summed E-state index contributed by atoms with van der Waals surface area (Å²) in [5, 5.41) is 7.91. The fourth-order valence-electron chi connectivity index (χ4n) is 2.27. The second-order valence-corrected chi connectivity index (χ2v) is 4.88. The second-order valence-electron chi connectivity index (χ2n) is 4.88. The van der Waals surface area contributed by atoms with Crippen molar-refractivity contribution in [3.05, 3.63) is 11.9 Å². The normalized spacial score (nSPS) is 19.6. The summed E-state index contributed by atoms with van der Waals surface area (Å²) >= 11 is 0. The molecule has 1 atom stereocenters. The summed E-state index contributed by atoms with van der Waals surface area (Å²) in [6, 6.07) is 0. The van der Waals surface area contributed by atoms with Gasteiger partial charge < -0.3 is 10.6 Å². The Kier molecular flexibility index (Phi) is 6.27. The summed E-state index contributed by atoms with van der Waals surface area (Å²) in [5.41, 5.74) is 6.96. The number of nitrogens with two attached hydrogens (primary N) is 1. The smallest absolute Gasteiger partial charge is 0.191 e. The van der Waals surface area contributed by atoms with Crippen molar-refractivity contribution in [2.45, 2.75) is 26.2 Å². The van der Waals surface area contributed by atoms with E-state index in [0.717, 1.165) is 31.1 Å². The fraction of sp³-hybridized carbons (Fsp3) is 0.750. The van der Waals surface area contributed by atoms with E-state index in [1.807, 2.05) is 13.2 Å². The zero-order valence-electron chi connectivity index (χ0n) is 11.6. The van der Waals surface area contributed by atoms with E-state index in [4.69, 9.17) is 5.73 Å². The molecule has 108 valence electrons. The predicted octanol–water partition coefficient (Wildman–Crippen LogP) is 0.982.